The van der Waals surface area contributed by atoms with Crippen molar-refractivity contribution >= 4 is 29.0 Å². The molecule has 0 saturated carbocycles. The summed E-state index contributed by atoms with van der Waals surface area (Å²) in [5, 5.41) is 9.08. The van der Waals surface area contributed by atoms with E-state index in [1.807, 2.05) is 0 Å². The topological polar surface area (TPSA) is 70.5 Å². The molecule has 0 aromatic carbocycles. The Bertz CT molecular complexity index is 489. The van der Waals surface area contributed by atoms with Crippen LogP contribution in [-0.2, 0) is 16.0 Å². The van der Waals surface area contributed by atoms with Crippen LogP contribution < -0.4 is 0 Å². The number of thiocarbonyl (C=S) groups is 1. The quantitative estimate of drug-likeness (QED) is 0.813. The maximum absolute atomic E-state index is 12.1. The van der Waals surface area contributed by atoms with Crippen LogP contribution in [0.4, 0.5) is 0 Å². The molecule has 1 saturated heterocycles. The molecule has 1 aliphatic heterocycles. The lowest BCUT2D eigenvalue weighted by Gasteiger charge is -2.21. The number of carboxylic acids is 1. The molecule has 0 aliphatic carbocycles. The van der Waals surface area contributed by atoms with Gasteiger partial charge >= 0.3 is 5.97 Å². The Morgan fingerprint density at radius 3 is 2.94 bits per heavy atom. The highest BCUT2D eigenvalue weighted by atomic mass is 32.1. The number of aromatic nitrogens is 1. The van der Waals surface area contributed by atoms with E-state index in [1.165, 1.54) is 4.90 Å². The van der Waals surface area contributed by atoms with E-state index in [-0.39, 0.29) is 12.3 Å². The van der Waals surface area contributed by atoms with E-state index in [4.69, 9.17) is 17.3 Å². The Morgan fingerprint density at radius 2 is 2.33 bits per heavy atom. The average molecular weight is 264 g/mol. The molecule has 2 heterocycles. The molecule has 2 rings (SSSR count). The first-order chi connectivity index (χ1) is 8.59. The zero-order valence-corrected chi connectivity index (χ0v) is 10.4. The molecule has 0 bridgehead atoms. The monoisotopic (exact) mass is 264 g/mol. The van der Waals surface area contributed by atoms with Gasteiger partial charge in [0, 0.05) is 23.8 Å². The summed E-state index contributed by atoms with van der Waals surface area (Å²) in [4.78, 5) is 28.8. The van der Waals surface area contributed by atoms with E-state index in [1.54, 1.807) is 24.5 Å². The summed E-state index contributed by atoms with van der Waals surface area (Å²) >= 11 is 4.99. The number of carboxylic acid groups (broad SMARTS) is 1. The van der Waals surface area contributed by atoms with Gasteiger partial charge in [0.2, 0.25) is 5.91 Å². The van der Waals surface area contributed by atoms with Crippen molar-refractivity contribution in [2.45, 2.75) is 18.9 Å². The number of hydrogen-bond acceptors (Lipinski definition) is 4. The second-order valence-corrected chi connectivity index (χ2v) is 4.61. The van der Waals surface area contributed by atoms with Gasteiger partial charge in [-0.05, 0) is 18.1 Å². The lowest BCUT2D eigenvalue weighted by atomic mass is 10.1. The van der Waals surface area contributed by atoms with Crippen molar-refractivity contribution < 1.29 is 14.7 Å². The number of amides is 1. The second-order valence-electron chi connectivity index (χ2n) is 4.08. The van der Waals surface area contributed by atoms with Crippen LogP contribution in [0, 0.1) is 0 Å². The molecule has 5 nitrogen and oxygen atoms in total. The number of pyridine rings is 1. The molecular weight excluding hydrogens is 252 g/mol. The van der Waals surface area contributed by atoms with Crippen molar-refractivity contribution in [1.29, 1.82) is 0 Å². The predicted molar refractivity (Wildman–Crippen MR) is 68.3 cm³/mol. The first-order valence-corrected chi connectivity index (χ1v) is 5.94. The molecule has 1 aromatic rings. The van der Waals surface area contributed by atoms with Crippen LogP contribution in [0.3, 0.4) is 0 Å². The van der Waals surface area contributed by atoms with Gasteiger partial charge in [0.1, 0.15) is 0 Å². The summed E-state index contributed by atoms with van der Waals surface area (Å²) in [5.74, 6) is -1.28. The van der Waals surface area contributed by atoms with Gasteiger partial charge in [0.25, 0.3) is 0 Å². The molecule has 1 amide bonds. The van der Waals surface area contributed by atoms with E-state index in [2.05, 4.69) is 4.98 Å². The molecule has 1 aliphatic rings. The van der Waals surface area contributed by atoms with Gasteiger partial charge in [-0.1, -0.05) is 18.3 Å². The second kappa shape index (κ2) is 5.22. The van der Waals surface area contributed by atoms with Crippen molar-refractivity contribution in [1.82, 2.24) is 9.88 Å². The first-order valence-electron chi connectivity index (χ1n) is 5.53. The van der Waals surface area contributed by atoms with Crippen LogP contribution in [0.1, 0.15) is 12.0 Å². The number of nitrogens with zero attached hydrogens (tertiary/aromatic N) is 2. The van der Waals surface area contributed by atoms with E-state index in [0.717, 1.165) is 5.56 Å². The highest BCUT2D eigenvalue weighted by molar-refractivity contribution is 7.80. The van der Waals surface area contributed by atoms with E-state index >= 15 is 0 Å². The smallest absolute Gasteiger partial charge is 0.331 e. The highest BCUT2D eigenvalue weighted by Crippen LogP contribution is 2.17. The van der Waals surface area contributed by atoms with Gasteiger partial charge in [-0.15, -0.1) is 0 Å². The fraction of sp³-hybridized carbons (Fsp3) is 0.333. The van der Waals surface area contributed by atoms with E-state index in [9.17, 15) is 9.59 Å². The van der Waals surface area contributed by atoms with Gasteiger partial charge in [-0.2, -0.15) is 0 Å². The summed E-state index contributed by atoms with van der Waals surface area (Å²) in [5.41, 5.74) is 0.768. The van der Waals surface area contributed by atoms with Crippen molar-refractivity contribution in [3.63, 3.8) is 0 Å². The standard InChI is InChI=1S/C12H12N2O3S/c15-10(6-8-2-1-4-13-7-8)14-5-3-9(18)11(14)12(16)17/h1-2,4,7,11H,3,5-6H2,(H,16,17)/t11-/m0/s1. The third kappa shape index (κ3) is 2.53. The largest absolute Gasteiger partial charge is 0.479 e. The molecule has 1 atom stereocenters. The summed E-state index contributed by atoms with van der Waals surface area (Å²) in [6.07, 6.45) is 3.85. The number of carbonyl (C=O) groups is 2. The van der Waals surface area contributed by atoms with Crippen molar-refractivity contribution in [2.75, 3.05) is 6.54 Å². The Hall–Kier alpha value is -1.82. The van der Waals surface area contributed by atoms with Crippen molar-refractivity contribution in [3.8, 4) is 0 Å². The van der Waals surface area contributed by atoms with Crippen molar-refractivity contribution in [3.05, 3.63) is 30.1 Å². The molecule has 0 spiro atoms. The summed E-state index contributed by atoms with van der Waals surface area (Å²) in [7, 11) is 0. The molecule has 94 valence electrons. The fourth-order valence-electron chi connectivity index (χ4n) is 1.99. The Morgan fingerprint density at radius 1 is 1.56 bits per heavy atom. The molecular formula is C12H12N2O3S. The van der Waals surface area contributed by atoms with E-state index in [0.29, 0.717) is 17.8 Å². The van der Waals surface area contributed by atoms with Crippen LogP contribution in [-0.4, -0.2) is 44.3 Å². The summed E-state index contributed by atoms with van der Waals surface area (Å²) < 4.78 is 0. The maximum Gasteiger partial charge on any atom is 0.331 e. The molecule has 1 N–H and O–H groups in total. The van der Waals surface area contributed by atoms with Crippen LogP contribution in [0.25, 0.3) is 0 Å². The van der Waals surface area contributed by atoms with Crippen LogP contribution in [0.2, 0.25) is 0 Å². The van der Waals surface area contributed by atoms with Gasteiger partial charge < -0.3 is 10.0 Å². The van der Waals surface area contributed by atoms with Crippen LogP contribution in [0.15, 0.2) is 24.5 Å². The molecule has 0 unspecified atom stereocenters. The normalized spacial score (nSPS) is 19.0. The SMILES string of the molecule is O=C(O)[C@@H]1C(=S)CCN1C(=O)Cc1cccnc1. The molecule has 0 radical (unpaired) electrons. The van der Waals surface area contributed by atoms with Crippen molar-refractivity contribution in [2.24, 2.45) is 0 Å². The summed E-state index contributed by atoms with van der Waals surface area (Å²) in [6, 6.07) is 2.57. The number of likely N-dealkylation sites (tertiary alicyclic amines) is 1. The van der Waals surface area contributed by atoms with Crippen LogP contribution in [0.5, 0.6) is 0 Å². The van der Waals surface area contributed by atoms with Gasteiger partial charge in [-0.25, -0.2) is 4.79 Å². The number of aliphatic carboxylic acids is 1. The first kappa shape index (κ1) is 12.6. The number of rotatable bonds is 3. The lowest BCUT2D eigenvalue weighted by molar-refractivity contribution is -0.145. The minimum absolute atomic E-state index is 0.153. The third-order valence-corrected chi connectivity index (χ3v) is 3.28. The molecule has 1 aromatic heterocycles. The minimum atomic E-state index is -1.06. The predicted octanol–water partition coefficient (Wildman–Crippen LogP) is 0.679. The van der Waals surface area contributed by atoms with E-state index < -0.39 is 12.0 Å². The van der Waals surface area contributed by atoms with Gasteiger partial charge in [0.15, 0.2) is 6.04 Å². The fourth-order valence-corrected chi connectivity index (χ4v) is 2.31. The number of carbonyl (C=O) groups excluding carboxylic acids is 1. The van der Waals surface area contributed by atoms with Gasteiger partial charge in [0.05, 0.1) is 6.42 Å². The molecule has 18 heavy (non-hydrogen) atoms. The Labute approximate surface area is 109 Å². The lowest BCUT2D eigenvalue weighted by Crippen LogP contribution is -2.43. The molecule has 6 heteroatoms. The minimum Gasteiger partial charge on any atom is -0.479 e. The number of hydrogen-bond donors (Lipinski definition) is 1. The maximum atomic E-state index is 12.1. The zero-order valence-electron chi connectivity index (χ0n) is 9.57. The van der Waals surface area contributed by atoms with Crippen LogP contribution >= 0.6 is 12.2 Å². The Kier molecular flexibility index (Phi) is 3.66. The molecule has 1 fully saturated rings. The van der Waals surface area contributed by atoms with Gasteiger partial charge in [-0.3, -0.25) is 9.78 Å². The third-order valence-electron chi connectivity index (χ3n) is 2.85. The highest BCUT2D eigenvalue weighted by Gasteiger charge is 2.37. The summed E-state index contributed by atoms with van der Waals surface area (Å²) in [6.45, 7) is 0.384. The Balaban J connectivity index is 2.10. The zero-order chi connectivity index (χ0) is 13.1. The average Bonchev–Trinajstić information content (AvgIpc) is 2.72.